The van der Waals surface area contributed by atoms with Crippen molar-refractivity contribution in [3.8, 4) is 0 Å². The molecule has 0 amide bonds. The van der Waals surface area contributed by atoms with E-state index in [-0.39, 0.29) is 6.04 Å². The molecule has 98 valence electrons. The van der Waals surface area contributed by atoms with Crippen LogP contribution < -0.4 is 5.73 Å². The van der Waals surface area contributed by atoms with Crippen LogP contribution in [0.3, 0.4) is 0 Å². The molecule has 1 aromatic carbocycles. The number of rotatable bonds is 4. The van der Waals surface area contributed by atoms with E-state index in [0.717, 1.165) is 16.7 Å². The van der Waals surface area contributed by atoms with Gasteiger partial charge in [-0.15, -0.1) is 0 Å². The molecule has 0 aromatic heterocycles. The Kier molecular flexibility index (Phi) is 4.85. The van der Waals surface area contributed by atoms with Gasteiger partial charge in [0.2, 0.25) is 0 Å². The van der Waals surface area contributed by atoms with E-state index in [4.69, 9.17) is 5.73 Å². The minimum absolute atomic E-state index is 0.0189. The third-order valence-corrected chi connectivity index (χ3v) is 2.93. The number of halogens is 1. The van der Waals surface area contributed by atoms with E-state index in [0.29, 0.717) is 12.0 Å². The number of hydrogen-bond acceptors (Lipinski definition) is 1. The minimum atomic E-state index is -0.397. The summed E-state index contributed by atoms with van der Waals surface area (Å²) in [7, 11) is 0. The van der Waals surface area contributed by atoms with Gasteiger partial charge in [-0.25, -0.2) is 4.39 Å². The van der Waals surface area contributed by atoms with Crippen LogP contribution >= 0.6 is 0 Å². The summed E-state index contributed by atoms with van der Waals surface area (Å²) < 4.78 is 13.7. The fourth-order valence-corrected chi connectivity index (χ4v) is 2.26. The average molecular weight is 247 g/mol. The summed E-state index contributed by atoms with van der Waals surface area (Å²) >= 11 is 0. The van der Waals surface area contributed by atoms with Crippen molar-refractivity contribution in [3.63, 3.8) is 0 Å². The molecule has 2 heteroatoms. The van der Waals surface area contributed by atoms with Gasteiger partial charge < -0.3 is 5.73 Å². The molecular formula is C16H22FN. The van der Waals surface area contributed by atoms with E-state index in [1.165, 1.54) is 5.56 Å². The van der Waals surface area contributed by atoms with Crippen LogP contribution in [0.15, 0.2) is 30.6 Å². The highest BCUT2D eigenvalue weighted by Crippen LogP contribution is 2.30. The van der Waals surface area contributed by atoms with Gasteiger partial charge in [-0.3, -0.25) is 0 Å². The maximum Gasteiger partial charge on any atom is 0.123 e. The zero-order valence-electron chi connectivity index (χ0n) is 11.7. The Hall–Kier alpha value is -1.41. The van der Waals surface area contributed by atoms with Crippen molar-refractivity contribution in [2.45, 2.75) is 40.2 Å². The van der Waals surface area contributed by atoms with Crippen molar-refractivity contribution < 1.29 is 4.39 Å². The highest BCUT2D eigenvalue weighted by molar-refractivity contribution is 5.80. The first kappa shape index (κ1) is 14.7. The molecular weight excluding hydrogens is 225 g/mol. The average Bonchev–Trinajstić information content (AvgIpc) is 2.20. The number of hydrogen-bond donors (Lipinski definition) is 1. The van der Waals surface area contributed by atoms with Gasteiger partial charge in [-0.05, 0) is 50.8 Å². The van der Waals surface area contributed by atoms with Crippen LogP contribution in [0, 0.1) is 20.8 Å². The van der Waals surface area contributed by atoms with E-state index in [1.807, 2.05) is 33.8 Å². The molecule has 0 aliphatic heterocycles. The highest BCUT2D eigenvalue weighted by atomic mass is 19.1. The lowest BCUT2D eigenvalue weighted by molar-refractivity contribution is 0.675. The molecule has 18 heavy (non-hydrogen) atoms. The summed E-state index contributed by atoms with van der Waals surface area (Å²) in [6.45, 7) is 11.4. The Bertz CT molecular complexity index is 461. The Labute approximate surface area is 109 Å². The number of benzene rings is 1. The van der Waals surface area contributed by atoms with Crippen LogP contribution in [0.25, 0.3) is 5.57 Å². The van der Waals surface area contributed by atoms with E-state index < -0.39 is 5.83 Å². The Morgan fingerprint density at radius 2 is 1.83 bits per heavy atom. The minimum Gasteiger partial charge on any atom is -0.328 e. The molecule has 2 N–H and O–H groups in total. The predicted octanol–water partition coefficient (Wildman–Crippen LogP) is 4.22. The molecule has 1 rings (SSSR count). The smallest absolute Gasteiger partial charge is 0.123 e. The van der Waals surface area contributed by atoms with Crippen molar-refractivity contribution >= 4 is 5.57 Å². The molecule has 0 radical (unpaired) electrons. The van der Waals surface area contributed by atoms with Gasteiger partial charge in [0.25, 0.3) is 0 Å². The monoisotopic (exact) mass is 247 g/mol. The quantitative estimate of drug-likeness (QED) is 0.792. The van der Waals surface area contributed by atoms with Crippen molar-refractivity contribution in [2.24, 2.45) is 5.73 Å². The van der Waals surface area contributed by atoms with Crippen molar-refractivity contribution in [1.82, 2.24) is 0 Å². The van der Waals surface area contributed by atoms with Crippen LogP contribution in [-0.2, 0) is 0 Å². The zero-order valence-corrected chi connectivity index (χ0v) is 11.7. The Morgan fingerprint density at radius 1 is 1.33 bits per heavy atom. The highest BCUT2D eigenvalue weighted by Gasteiger charge is 2.12. The standard InChI is InChI=1S/C16H22FN/c1-10-8-11(2)16(12(3)9-10)15(14(5)17)7-6-13(4)18/h7-9,13H,5-6,18H2,1-4H3/b15-7+. The molecule has 0 saturated carbocycles. The van der Waals surface area contributed by atoms with E-state index >= 15 is 0 Å². The molecule has 1 aromatic rings. The first-order chi connectivity index (χ1) is 8.32. The molecule has 0 bridgehead atoms. The molecule has 0 fully saturated rings. The van der Waals surface area contributed by atoms with Crippen molar-refractivity contribution in [1.29, 1.82) is 0 Å². The predicted molar refractivity (Wildman–Crippen MR) is 77.1 cm³/mol. The van der Waals surface area contributed by atoms with Crippen molar-refractivity contribution in [2.75, 3.05) is 0 Å². The molecule has 0 spiro atoms. The maximum atomic E-state index is 13.7. The van der Waals surface area contributed by atoms with Gasteiger partial charge in [0.1, 0.15) is 5.83 Å². The topological polar surface area (TPSA) is 26.0 Å². The van der Waals surface area contributed by atoms with Crippen LogP contribution in [0.1, 0.15) is 35.6 Å². The van der Waals surface area contributed by atoms with Gasteiger partial charge in [-0.1, -0.05) is 30.4 Å². The fourth-order valence-electron chi connectivity index (χ4n) is 2.26. The van der Waals surface area contributed by atoms with Gasteiger partial charge >= 0.3 is 0 Å². The second-order valence-corrected chi connectivity index (χ2v) is 5.01. The zero-order chi connectivity index (χ0) is 13.9. The summed E-state index contributed by atoms with van der Waals surface area (Å²) in [5.74, 6) is -0.397. The van der Waals surface area contributed by atoms with E-state index in [9.17, 15) is 4.39 Å². The third-order valence-electron chi connectivity index (χ3n) is 2.93. The fraction of sp³-hybridized carbons (Fsp3) is 0.375. The molecule has 0 aliphatic rings. The normalized spacial score (nSPS) is 13.6. The van der Waals surface area contributed by atoms with Crippen LogP contribution in [0.5, 0.6) is 0 Å². The maximum absolute atomic E-state index is 13.7. The molecule has 0 aliphatic carbocycles. The number of aryl methyl sites for hydroxylation is 3. The van der Waals surface area contributed by atoms with Gasteiger partial charge in [0, 0.05) is 11.6 Å². The van der Waals surface area contributed by atoms with E-state index in [1.54, 1.807) is 0 Å². The molecule has 0 saturated heterocycles. The van der Waals surface area contributed by atoms with E-state index in [2.05, 4.69) is 18.7 Å². The summed E-state index contributed by atoms with van der Waals surface area (Å²) in [5.41, 5.74) is 10.6. The van der Waals surface area contributed by atoms with Crippen LogP contribution in [0.4, 0.5) is 4.39 Å². The summed E-state index contributed by atoms with van der Waals surface area (Å²) in [4.78, 5) is 0. The lowest BCUT2D eigenvalue weighted by atomic mass is 9.92. The Morgan fingerprint density at radius 3 is 2.22 bits per heavy atom. The summed E-state index contributed by atoms with van der Waals surface area (Å²) in [5, 5.41) is 0. The van der Waals surface area contributed by atoms with Crippen LogP contribution in [0.2, 0.25) is 0 Å². The van der Waals surface area contributed by atoms with Gasteiger partial charge in [0.15, 0.2) is 0 Å². The molecule has 1 atom stereocenters. The van der Waals surface area contributed by atoms with Crippen LogP contribution in [-0.4, -0.2) is 6.04 Å². The van der Waals surface area contributed by atoms with Gasteiger partial charge in [0.05, 0.1) is 0 Å². The molecule has 1 unspecified atom stereocenters. The van der Waals surface area contributed by atoms with Crippen molar-refractivity contribution in [3.05, 3.63) is 52.9 Å². The lowest BCUT2D eigenvalue weighted by Crippen LogP contribution is -2.13. The second kappa shape index (κ2) is 5.96. The first-order valence-corrected chi connectivity index (χ1v) is 6.21. The largest absolute Gasteiger partial charge is 0.328 e. The summed E-state index contributed by atoms with van der Waals surface area (Å²) in [6, 6.07) is 4.14. The second-order valence-electron chi connectivity index (χ2n) is 5.01. The molecule has 0 heterocycles. The third kappa shape index (κ3) is 3.54. The van der Waals surface area contributed by atoms with Gasteiger partial charge in [-0.2, -0.15) is 0 Å². The number of nitrogens with two attached hydrogens (primary N) is 1. The first-order valence-electron chi connectivity index (χ1n) is 6.21. The Balaban J connectivity index is 3.31. The SMILES string of the molecule is C=C(F)/C(=C\CC(C)N)c1c(C)cc(C)cc1C. The lowest BCUT2D eigenvalue weighted by Gasteiger charge is -2.14. The summed E-state index contributed by atoms with van der Waals surface area (Å²) in [6.07, 6.45) is 2.49. The number of allylic oxidation sites excluding steroid dienone is 2. The molecule has 1 nitrogen and oxygen atoms in total.